The lowest BCUT2D eigenvalue weighted by molar-refractivity contribution is -0.384. The lowest BCUT2D eigenvalue weighted by Gasteiger charge is -2.11. The summed E-state index contributed by atoms with van der Waals surface area (Å²) in [4.78, 5) is 40.6. The molecule has 0 saturated heterocycles. The van der Waals surface area contributed by atoms with E-state index in [9.17, 15) is 24.1 Å². The topological polar surface area (TPSA) is 114 Å². The molecule has 1 atom stereocenters. The number of nitrogens with one attached hydrogen (secondary N) is 2. The molecule has 0 radical (unpaired) electrons. The number of carbonyl (C=O) groups excluding carboxylic acids is 2. The maximum atomic E-state index is 13.0. The third-order valence-corrected chi connectivity index (χ3v) is 6.86. The Labute approximate surface area is 213 Å². The summed E-state index contributed by atoms with van der Waals surface area (Å²) >= 11 is 2.57. The van der Waals surface area contributed by atoms with Crippen molar-refractivity contribution in [3.63, 3.8) is 0 Å². The summed E-state index contributed by atoms with van der Waals surface area (Å²) in [6.07, 6.45) is 0. The number of hydrogen-bond acceptors (Lipinski definition) is 7. The number of nitro groups is 1. The summed E-state index contributed by atoms with van der Waals surface area (Å²) in [5, 5.41) is 18.2. The Balaban J connectivity index is 1.32. The number of anilines is 2. The van der Waals surface area contributed by atoms with Crippen LogP contribution in [0.1, 0.15) is 17.3 Å². The summed E-state index contributed by atoms with van der Waals surface area (Å²) in [6.45, 7) is 1.76. The van der Waals surface area contributed by atoms with Crippen LogP contribution in [0.2, 0.25) is 0 Å². The quantitative estimate of drug-likeness (QED) is 0.161. The molecule has 0 fully saturated rings. The summed E-state index contributed by atoms with van der Waals surface area (Å²) < 4.78 is 13.0. The molecule has 1 unspecified atom stereocenters. The van der Waals surface area contributed by atoms with Crippen molar-refractivity contribution in [2.45, 2.75) is 17.1 Å². The molecule has 36 heavy (non-hydrogen) atoms. The highest BCUT2D eigenvalue weighted by Gasteiger charge is 2.17. The van der Waals surface area contributed by atoms with Crippen molar-refractivity contribution in [1.82, 2.24) is 4.98 Å². The van der Waals surface area contributed by atoms with Gasteiger partial charge in [0.1, 0.15) is 5.82 Å². The van der Waals surface area contributed by atoms with Gasteiger partial charge in [-0.2, -0.15) is 0 Å². The van der Waals surface area contributed by atoms with E-state index >= 15 is 0 Å². The van der Waals surface area contributed by atoms with Gasteiger partial charge in [-0.05, 0) is 55.5 Å². The zero-order valence-corrected chi connectivity index (χ0v) is 20.4. The highest BCUT2D eigenvalue weighted by molar-refractivity contribution is 8.00. The average Bonchev–Trinajstić information content (AvgIpc) is 3.34. The minimum Gasteiger partial charge on any atom is -0.322 e. The molecule has 0 saturated carbocycles. The maximum absolute atomic E-state index is 13.0. The number of nitro benzene ring substituents is 1. The fourth-order valence-electron chi connectivity index (χ4n) is 3.13. The Kier molecular flexibility index (Phi) is 7.71. The largest absolute Gasteiger partial charge is 0.322 e. The van der Waals surface area contributed by atoms with Crippen LogP contribution in [0, 0.1) is 15.9 Å². The summed E-state index contributed by atoms with van der Waals surface area (Å²) in [5.41, 5.74) is 2.02. The van der Waals surface area contributed by atoms with Gasteiger partial charge in [0.15, 0.2) is 5.13 Å². The molecule has 2 N–H and O–H groups in total. The number of amides is 2. The molecule has 4 aromatic rings. The molecule has 0 aliphatic heterocycles. The normalized spacial score (nSPS) is 11.5. The zero-order valence-electron chi connectivity index (χ0n) is 18.8. The molecule has 11 heteroatoms. The van der Waals surface area contributed by atoms with Gasteiger partial charge in [-0.1, -0.05) is 12.1 Å². The first-order valence-electron chi connectivity index (χ1n) is 10.6. The Morgan fingerprint density at radius 2 is 1.78 bits per heavy atom. The van der Waals surface area contributed by atoms with Crippen molar-refractivity contribution in [1.29, 1.82) is 0 Å². The van der Waals surface area contributed by atoms with E-state index in [1.165, 1.54) is 59.5 Å². The Morgan fingerprint density at radius 3 is 2.47 bits per heavy atom. The first-order chi connectivity index (χ1) is 17.3. The van der Waals surface area contributed by atoms with Gasteiger partial charge in [0.05, 0.1) is 15.9 Å². The Bertz CT molecular complexity index is 1410. The fourth-order valence-corrected chi connectivity index (χ4v) is 4.72. The van der Waals surface area contributed by atoms with Gasteiger partial charge in [0.25, 0.3) is 11.6 Å². The molecule has 182 valence electrons. The van der Waals surface area contributed by atoms with Gasteiger partial charge in [0.2, 0.25) is 5.91 Å². The zero-order chi connectivity index (χ0) is 25.7. The third-order valence-electron chi connectivity index (χ3n) is 4.99. The van der Waals surface area contributed by atoms with Gasteiger partial charge in [-0.15, -0.1) is 23.1 Å². The number of non-ortho nitro benzene ring substituents is 1. The van der Waals surface area contributed by atoms with Crippen molar-refractivity contribution in [3.05, 3.63) is 99.7 Å². The highest BCUT2D eigenvalue weighted by atomic mass is 32.2. The van der Waals surface area contributed by atoms with Crippen LogP contribution in [0.3, 0.4) is 0 Å². The summed E-state index contributed by atoms with van der Waals surface area (Å²) in [7, 11) is 0. The molecule has 0 bridgehead atoms. The van der Waals surface area contributed by atoms with E-state index in [1.807, 2.05) is 0 Å². The predicted molar refractivity (Wildman–Crippen MR) is 139 cm³/mol. The number of benzene rings is 3. The minimum atomic E-state index is -0.469. The minimum absolute atomic E-state index is 0.0304. The molecule has 1 heterocycles. The van der Waals surface area contributed by atoms with Crippen molar-refractivity contribution in [2.75, 3.05) is 10.6 Å². The van der Waals surface area contributed by atoms with Crippen LogP contribution in [0.4, 0.5) is 20.9 Å². The first-order valence-corrected chi connectivity index (χ1v) is 12.4. The number of carbonyl (C=O) groups is 2. The maximum Gasteiger partial charge on any atom is 0.270 e. The molecule has 3 aromatic carbocycles. The Morgan fingerprint density at radius 1 is 1.06 bits per heavy atom. The van der Waals surface area contributed by atoms with Crippen LogP contribution in [0.25, 0.3) is 11.3 Å². The van der Waals surface area contributed by atoms with Gasteiger partial charge in [-0.25, -0.2) is 9.37 Å². The molecule has 0 spiro atoms. The van der Waals surface area contributed by atoms with Crippen molar-refractivity contribution >= 4 is 51.4 Å². The van der Waals surface area contributed by atoms with Crippen molar-refractivity contribution in [3.8, 4) is 11.3 Å². The number of hydrogen-bond donors (Lipinski definition) is 2. The summed E-state index contributed by atoms with van der Waals surface area (Å²) in [5.74, 6) is -1.01. The molecule has 1 aromatic heterocycles. The van der Waals surface area contributed by atoms with E-state index in [4.69, 9.17) is 0 Å². The number of thioether (sulfide) groups is 1. The average molecular weight is 523 g/mol. The standard InChI is InChI=1S/C25H19FN4O4S2/c1-15(23(31)29-25-28-22(14-35-25)17-3-2-4-20(13-17)30(33)34)36-21-11-9-19(10-12-21)27-24(32)16-5-7-18(26)8-6-16/h2-15H,1H3,(H,27,32)(H,28,29,31). The first kappa shape index (κ1) is 25.0. The number of halogens is 1. The van der Waals surface area contributed by atoms with Crippen LogP contribution in [-0.2, 0) is 4.79 Å². The fraction of sp³-hybridized carbons (Fsp3) is 0.0800. The molecular weight excluding hydrogens is 503 g/mol. The lowest BCUT2D eigenvalue weighted by Crippen LogP contribution is -2.22. The molecular formula is C25H19FN4O4S2. The monoisotopic (exact) mass is 522 g/mol. The van der Waals surface area contributed by atoms with E-state index in [2.05, 4.69) is 15.6 Å². The number of rotatable bonds is 8. The molecule has 2 amide bonds. The Hall–Kier alpha value is -4.09. The van der Waals surface area contributed by atoms with Crippen LogP contribution >= 0.6 is 23.1 Å². The second-order valence-corrected chi connectivity index (χ2v) is 9.85. The number of aromatic nitrogens is 1. The second-order valence-electron chi connectivity index (χ2n) is 7.58. The molecule has 0 aliphatic rings. The van der Waals surface area contributed by atoms with E-state index < -0.39 is 16.0 Å². The van der Waals surface area contributed by atoms with E-state index in [1.54, 1.807) is 48.7 Å². The van der Waals surface area contributed by atoms with Crippen LogP contribution in [0.15, 0.2) is 83.1 Å². The predicted octanol–water partition coefficient (Wildman–Crippen LogP) is 6.23. The van der Waals surface area contributed by atoms with E-state index in [0.717, 1.165) is 4.90 Å². The lowest BCUT2D eigenvalue weighted by atomic mass is 10.1. The van der Waals surface area contributed by atoms with E-state index in [0.29, 0.717) is 27.6 Å². The van der Waals surface area contributed by atoms with Crippen LogP contribution in [0.5, 0.6) is 0 Å². The van der Waals surface area contributed by atoms with Gasteiger partial charge in [0, 0.05) is 39.2 Å². The van der Waals surface area contributed by atoms with E-state index in [-0.39, 0.29) is 17.5 Å². The molecule has 4 rings (SSSR count). The highest BCUT2D eigenvalue weighted by Crippen LogP contribution is 2.29. The third kappa shape index (κ3) is 6.32. The van der Waals surface area contributed by atoms with Crippen LogP contribution in [-0.4, -0.2) is 27.0 Å². The second kappa shape index (κ2) is 11.1. The SMILES string of the molecule is CC(Sc1ccc(NC(=O)c2ccc(F)cc2)cc1)C(=O)Nc1nc(-c2cccc([N+](=O)[O-])c2)cs1. The van der Waals surface area contributed by atoms with Gasteiger partial charge < -0.3 is 10.6 Å². The van der Waals surface area contributed by atoms with Gasteiger partial charge >= 0.3 is 0 Å². The van der Waals surface area contributed by atoms with Gasteiger partial charge in [-0.3, -0.25) is 19.7 Å². The summed E-state index contributed by atoms with van der Waals surface area (Å²) in [6, 6.07) is 18.4. The smallest absolute Gasteiger partial charge is 0.270 e. The van der Waals surface area contributed by atoms with Crippen molar-refractivity contribution in [2.24, 2.45) is 0 Å². The molecule has 0 aliphatic carbocycles. The van der Waals surface area contributed by atoms with Crippen LogP contribution < -0.4 is 10.6 Å². The molecule has 8 nitrogen and oxygen atoms in total. The number of thiazole rings is 1. The number of nitrogens with zero attached hydrogens (tertiary/aromatic N) is 2. The van der Waals surface area contributed by atoms with Crippen molar-refractivity contribution < 1.29 is 18.9 Å².